The molecule has 1 aliphatic carbocycles. The van der Waals surface area contributed by atoms with Gasteiger partial charge in [0, 0.05) is 6.42 Å². The van der Waals surface area contributed by atoms with Crippen LogP contribution in [0.15, 0.2) is 0 Å². The zero-order valence-electron chi connectivity index (χ0n) is 12.7. The highest BCUT2D eigenvalue weighted by atomic mass is 16.4. The van der Waals surface area contributed by atoms with Crippen molar-refractivity contribution in [3.63, 3.8) is 0 Å². The van der Waals surface area contributed by atoms with E-state index in [0.29, 0.717) is 6.42 Å². The summed E-state index contributed by atoms with van der Waals surface area (Å²) in [4.78, 5) is 10.3. The van der Waals surface area contributed by atoms with Gasteiger partial charge in [0.15, 0.2) is 0 Å². The van der Waals surface area contributed by atoms with Crippen molar-refractivity contribution in [3.8, 4) is 0 Å². The molecule has 0 unspecified atom stereocenters. The normalized spacial score (nSPS) is 21.5. The molecule has 1 aliphatic rings. The third-order valence-electron chi connectivity index (χ3n) is 4.46. The number of carbonyl (C=O) groups is 1. The Morgan fingerprint density at radius 1 is 0.895 bits per heavy atom. The van der Waals surface area contributed by atoms with Gasteiger partial charge in [-0.1, -0.05) is 71.1 Å². The van der Waals surface area contributed by atoms with Gasteiger partial charge in [-0.05, 0) is 24.7 Å². The Balaban J connectivity index is 1.78. The molecular formula is C17H32O2. The average Bonchev–Trinajstić information content (AvgIpc) is 3.12. The van der Waals surface area contributed by atoms with E-state index < -0.39 is 5.97 Å². The molecule has 1 N–H and O–H groups in total. The molecule has 0 aliphatic heterocycles. The minimum absolute atomic E-state index is 0.350. The van der Waals surface area contributed by atoms with Gasteiger partial charge in [0.2, 0.25) is 0 Å². The topological polar surface area (TPSA) is 37.3 Å². The number of carboxylic acids is 1. The molecule has 0 saturated heterocycles. The molecule has 0 spiro atoms. The summed E-state index contributed by atoms with van der Waals surface area (Å²) >= 11 is 0. The smallest absolute Gasteiger partial charge is 0.303 e. The van der Waals surface area contributed by atoms with E-state index in [1.807, 2.05) is 0 Å². The van der Waals surface area contributed by atoms with Crippen LogP contribution in [-0.2, 0) is 4.79 Å². The highest BCUT2D eigenvalue weighted by Gasteiger charge is 2.34. The predicted octanol–water partition coefficient (Wildman–Crippen LogP) is 5.41. The molecule has 0 aromatic heterocycles. The molecule has 1 rings (SSSR count). The van der Waals surface area contributed by atoms with Crippen molar-refractivity contribution < 1.29 is 9.90 Å². The van der Waals surface area contributed by atoms with Crippen LogP contribution < -0.4 is 0 Å². The van der Waals surface area contributed by atoms with Gasteiger partial charge in [0.05, 0.1) is 0 Å². The summed E-state index contributed by atoms with van der Waals surface area (Å²) in [5.41, 5.74) is 0. The van der Waals surface area contributed by atoms with Gasteiger partial charge in [-0.3, -0.25) is 4.79 Å². The molecule has 0 heterocycles. The minimum Gasteiger partial charge on any atom is -0.481 e. The number of hydrogen-bond donors (Lipinski definition) is 1. The van der Waals surface area contributed by atoms with E-state index in [1.54, 1.807) is 0 Å². The summed E-state index contributed by atoms with van der Waals surface area (Å²) in [5.74, 6) is 1.45. The molecule has 112 valence electrons. The molecule has 0 bridgehead atoms. The van der Waals surface area contributed by atoms with Gasteiger partial charge < -0.3 is 5.11 Å². The lowest BCUT2D eigenvalue weighted by Crippen LogP contribution is -1.93. The van der Waals surface area contributed by atoms with Crippen molar-refractivity contribution in [2.75, 3.05) is 0 Å². The Bertz CT molecular complexity index is 237. The zero-order chi connectivity index (χ0) is 13.9. The highest BCUT2D eigenvalue weighted by Crippen LogP contribution is 2.45. The highest BCUT2D eigenvalue weighted by molar-refractivity contribution is 5.66. The molecule has 0 aromatic rings. The van der Waals surface area contributed by atoms with Crippen molar-refractivity contribution in [2.45, 2.75) is 90.4 Å². The van der Waals surface area contributed by atoms with Crippen LogP contribution in [-0.4, -0.2) is 11.1 Å². The van der Waals surface area contributed by atoms with Crippen molar-refractivity contribution in [1.82, 2.24) is 0 Å². The maximum atomic E-state index is 10.3. The van der Waals surface area contributed by atoms with Crippen LogP contribution in [0.1, 0.15) is 90.4 Å². The molecule has 2 nitrogen and oxygen atoms in total. The molecule has 0 radical (unpaired) electrons. The van der Waals surface area contributed by atoms with Gasteiger partial charge >= 0.3 is 5.97 Å². The van der Waals surface area contributed by atoms with Crippen molar-refractivity contribution in [1.29, 1.82) is 0 Å². The van der Waals surface area contributed by atoms with Gasteiger partial charge in [0.1, 0.15) is 0 Å². The average molecular weight is 268 g/mol. The molecule has 0 amide bonds. The number of unbranched alkanes of at least 4 members (excludes halogenated alkanes) is 7. The summed E-state index contributed by atoms with van der Waals surface area (Å²) in [6, 6.07) is 0. The van der Waals surface area contributed by atoms with Gasteiger partial charge in [-0.25, -0.2) is 0 Å². The molecule has 1 saturated carbocycles. The summed E-state index contributed by atoms with van der Waals surface area (Å²) in [6.45, 7) is 2.27. The number of hydrogen-bond acceptors (Lipinski definition) is 1. The Morgan fingerprint density at radius 3 is 2.00 bits per heavy atom. The van der Waals surface area contributed by atoms with Crippen molar-refractivity contribution in [2.24, 2.45) is 11.8 Å². The first kappa shape index (κ1) is 16.5. The second kappa shape index (κ2) is 10.3. The summed E-state index contributed by atoms with van der Waals surface area (Å²) in [7, 11) is 0. The number of aliphatic carboxylic acids is 1. The van der Waals surface area contributed by atoms with Crippen LogP contribution in [0.3, 0.4) is 0 Å². The Kier molecular flexibility index (Phi) is 8.94. The second-order valence-corrected chi connectivity index (χ2v) is 6.31. The van der Waals surface area contributed by atoms with E-state index in [0.717, 1.165) is 24.7 Å². The second-order valence-electron chi connectivity index (χ2n) is 6.31. The number of carboxylic acid groups (broad SMARTS) is 1. The van der Waals surface area contributed by atoms with Crippen LogP contribution in [0.5, 0.6) is 0 Å². The lowest BCUT2D eigenvalue weighted by Gasteiger charge is -2.02. The van der Waals surface area contributed by atoms with Crippen LogP contribution in [0.2, 0.25) is 0 Å². The van der Waals surface area contributed by atoms with Crippen LogP contribution in [0.25, 0.3) is 0 Å². The lowest BCUT2D eigenvalue weighted by molar-refractivity contribution is -0.137. The fourth-order valence-corrected chi connectivity index (χ4v) is 3.06. The number of rotatable bonds is 13. The molecule has 1 fully saturated rings. The van der Waals surface area contributed by atoms with E-state index in [4.69, 9.17) is 5.11 Å². The summed E-state index contributed by atoms with van der Waals surface area (Å²) < 4.78 is 0. The van der Waals surface area contributed by atoms with Gasteiger partial charge in [-0.15, -0.1) is 0 Å². The predicted molar refractivity (Wildman–Crippen MR) is 80.3 cm³/mol. The molecule has 19 heavy (non-hydrogen) atoms. The monoisotopic (exact) mass is 268 g/mol. The van der Waals surface area contributed by atoms with E-state index in [1.165, 1.54) is 64.2 Å². The standard InChI is InChI=1S/C17H32O2/c1-2-3-4-8-11-15-14-16(15)12-9-6-5-7-10-13-17(18)19/h15-16H,2-14H2,1H3,(H,18,19)/t15-,16+/m0/s1. The maximum absolute atomic E-state index is 10.3. The summed E-state index contributed by atoms with van der Waals surface area (Å²) in [6.07, 6.45) is 16.2. The van der Waals surface area contributed by atoms with Crippen LogP contribution in [0.4, 0.5) is 0 Å². The largest absolute Gasteiger partial charge is 0.481 e. The third-order valence-corrected chi connectivity index (χ3v) is 4.46. The van der Waals surface area contributed by atoms with E-state index in [2.05, 4.69) is 6.92 Å². The van der Waals surface area contributed by atoms with E-state index >= 15 is 0 Å². The maximum Gasteiger partial charge on any atom is 0.303 e. The molecule has 2 atom stereocenters. The van der Waals surface area contributed by atoms with Gasteiger partial charge in [-0.2, -0.15) is 0 Å². The minimum atomic E-state index is -0.649. The summed E-state index contributed by atoms with van der Waals surface area (Å²) in [5, 5.41) is 8.53. The molecular weight excluding hydrogens is 236 g/mol. The molecule has 2 heteroatoms. The Labute approximate surface area is 119 Å². The molecule has 0 aromatic carbocycles. The quantitative estimate of drug-likeness (QED) is 0.453. The van der Waals surface area contributed by atoms with Crippen LogP contribution in [0, 0.1) is 11.8 Å². The zero-order valence-corrected chi connectivity index (χ0v) is 12.7. The van der Waals surface area contributed by atoms with Gasteiger partial charge in [0.25, 0.3) is 0 Å². The van der Waals surface area contributed by atoms with Crippen LogP contribution >= 0.6 is 0 Å². The Hall–Kier alpha value is -0.530. The first-order chi connectivity index (χ1) is 9.24. The van der Waals surface area contributed by atoms with Crippen molar-refractivity contribution >= 4 is 5.97 Å². The lowest BCUT2D eigenvalue weighted by atomic mass is 10.0. The fourth-order valence-electron chi connectivity index (χ4n) is 3.06. The third kappa shape index (κ3) is 9.07. The fraction of sp³-hybridized carbons (Fsp3) is 0.941. The van der Waals surface area contributed by atoms with E-state index in [9.17, 15) is 4.79 Å². The first-order valence-electron chi connectivity index (χ1n) is 8.45. The Morgan fingerprint density at radius 2 is 1.42 bits per heavy atom. The van der Waals surface area contributed by atoms with E-state index in [-0.39, 0.29) is 0 Å². The van der Waals surface area contributed by atoms with Crippen molar-refractivity contribution in [3.05, 3.63) is 0 Å². The SMILES string of the molecule is CCCCCC[C@H]1C[C@H]1CCCCCCCC(=O)O. The first-order valence-corrected chi connectivity index (χ1v) is 8.45.